The predicted molar refractivity (Wildman–Crippen MR) is 77.9 cm³/mol. The van der Waals surface area contributed by atoms with Crippen molar-refractivity contribution in [2.24, 2.45) is 0 Å². The second kappa shape index (κ2) is 5.08. The van der Waals surface area contributed by atoms with Crippen molar-refractivity contribution in [3.05, 3.63) is 63.9 Å². The van der Waals surface area contributed by atoms with Gasteiger partial charge in [-0.05, 0) is 28.8 Å². The summed E-state index contributed by atoms with van der Waals surface area (Å²) in [5, 5.41) is 2.23. The van der Waals surface area contributed by atoms with Crippen molar-refractivity contribution in [3.8, 4) is 0 Å². The average molecular weight is 310 g/mol. The molecule has 1 aliphatic heterocycles. The fourth-order valence-electron chi connectivity index (χ4n) is 2.30. The maximum absolute atomic E-state index is 13.5. The van der Waals surface area contributed by atoms with Crippen molar-refractivity contribution in [2.45, 2.75) is 11.8 Å². The lowest BCUT2D eigenvalue weighted by molar-refractivity contribution is -0.115. The summed E-state index contributed by atoms with van der Waals surface area (Å²) in [6.45, 7) is 0. The van der Waals surface area contributed by atoms with E-state index in [9.17, 15) is 9.18 Å². The molecule has 0 saturated heterocycles. The maximum Gasteiger partial charge on any atom is 0.228 e. The molecule has 1 N–H and O–H groups in total. The number of rotatable bonds is 2. The van der Waals surface area contributed by atoms with Crippen LogP contribution in [0.1, 0.15) is 22.1 Å². The Balaban J connectivity index is 1.99. The Morgan fingerprint density at radius 2 is 2.05 bits per heavy atom. The molecule has 2 aromatic rings. The van der Waals surface area contributed by atoms with E-state index in [1.807, 2.05) is 12.1 Å². The summed E-state index contributed by atoms with van der Waals surface area (Å²) in [7, 11) is 0. The monoisotopic (exact) mass is 309 g/mol. The molecular weight excluding hydrogens is 300 g/mol. The van der Waals surface area contributed by atoms with Crippen LogP contribution in [0.4, 0.5) is 10.1 Å². The number of carbonyl (C=O) groups excluding carboxylic acids is 1. The van der Waals surface area contributed by atoms with Crippen LogP contribution in [0.15, 0.2) is 36.4 Å². The highest BCUT2D eigenvalue weighted by Crippen LogP contribution is 2.36. The Bertz CT molecular complexity index is 702. The summed E-state index contributed by atoms with van der Waals surface area (Å²) in [6, 6.07) is 10.0. The highest BCUT2D eigenvalue weighted by molar-refractivity contribution is 6.33. The third-order valence-corrected chi connectivity index (χ3v) is 4.19. The Morgan fingerprint density at radius 3 is 2.85 bits per heavy atom. The number of hydrogen-bond donors (Lipinski definition) is 1. The molecule has 1 atom stereocenters. The molecule has 2 aromatic carbocycles. The van der Waals surface area contributed by atoms with Crippen molar-refractivity contribution in [1.29, 1.82) is 0 Å². The van der Waals surface area contributed by atoms with Gasteiger partial charge in [-0.3, -0.25) is 4.79 Å². The molecule has 2 nitrogen and oxygen atoms in total. The molecule has 0 spiro atoms. The van der Waals surface area contributed by atoms with Crippen LogP contribution in [-0.4, -0.2) is 5.91 Å². The highest BCUT2D eigenvalue weighted by atomic mass is 35.5. The molecule has 0 aromatic heterocycles. The van der Waals surface area contributed by atoms with Crippen LogP contribution in [-0.2, 0) is 11.2 Å². The van der Waals surface area contributed by atoms with E-state index in [2.05, 4.69) is 5.32 Å². The van der Waals surface area contributed by atoms with Gasteiger partial charge in [-0.2, -0.15) is 0 Å². The van der Waals surface area contributed by atoms with E-state index in [0.29, 0.717) is 12.0 Å². The first-order chi connectivity index (χ1) is 9.56. The number of halogens is 3. The van der Waals surface area contributed by atoms with Gasteiger partial charge < -0.3 is 5.32 Å². The molecule has 1 amide bonds. The lowest BCUT2D eigenvalue weighted by atomic mass is 10.0. The minimum absolute atomic E-state index is 0.0298. The van der Waals surface area contributed by atoms with E-state index >= 15 is 0 Å². The number of fused-ring (bicyclic) bond motifs is 1. The minimum atomic E-state index is -0.556. The molecule has 1 unspecified atom stereocenters. The van der Waals surface area contributed by atoms with E-state index in [1.54, 1.807) is 18.2 Å². The van der Waals surface area contributed by atoms with Crippen molar-refractivity contribution >= 4 is 34.8 Å². The van der Waals surface area contributed by atoms with Gasteiger partial charge in [0, 0.05) is 5.69 Å². The topological polar surface area (TPSA) is 29.1 Å². The van der Waals surface area contributed by atoms with Crippen LogP contribution in [0.5, 0.6) is 0 Å². The molecule has 102 valence electrons. The van der Waals surface area contributed by atoms with Gasteiger partial charge >= 0.3 is 0 Å². The summed E-state index contributed by atoms with van der Waals surface area (Å²) < 4.78 is 13.5. The maximum atomic E-state index is 13.5. The number of benzene rings is 2. The quantitative estimate of drug-likeness (QED) is 0.823. The van der Waals surface area contributed by atoms with Gasteiger partial charge in [0.15, 0.2) is 0 Å². The molecule has 0 saturated carbocycles. The number of anilines is 1. The molecule has 20 heavy (non-hydrogen) atoms. The second-order valence-electron chi connectivity index (χ2n) is 4.65. The Morgan fingerprint density at radius 1 is 1.25 bits per heavy atom. The Hall–Kier alpha value is -1.58. The van der Waals surface area contributed by atoms with E-state index in [0.717, 1.165) is 16.8 Å². The fraction of sp³-hybridized carbons (Fsp3) is 0.133. The molecule has 0 fully saturated rings. The van der Waals surface area contributed by atoms with E-state index < -0.39 is 11.2 Å². The summed E-state index contributed by atoms with van der Waals surface area (Å²) >= 11 is 12.3. The predicted octanol–water partition coefficient (Wildman–Crippen LogP) is 4.30. The van der Waals surface area contributed by atoms with Crippen LogP contribution in [0, 0.1) is 5.82 Å². The van der Waals surface area contributed by atoms with Crippen molar-refractivity contribution < 1.29 is 9.18 Å². The lowest BCUT2D eigenvalue weighted by Crippen LogP contribution is -2.03. The average Bonchev–Trinajstić information content (AvgIpc) is 2.80. The van der Waals surface area contributed by atoms with Crippen LogP contribution in [0.3, 0.4) is 0 Å². The van der Waals surface area contributed by atoms with Crippen molar-refractivity contribution in [1.82, 2.24) is 0 Å². The zero-order chi connectivity index (χ0) is 14.3. The van der Waals surface area contributed by atoms with Gasteiger partial charge in [0.1, 0.15) is 5.82 Å². The zero-order valence-electron chi connectivity index (χ0n) is 10.3. The molecule has 5 heteroatoms. The first-order valence-electron chi connectivity index (χ1n) is 6.07. The smallest absolute Gasteiger partial charge is 0.228 e. The molecule has 3 rings (SSSR count). The van der Waals surface area contributed by atoms with Crippen LogP contribution in [0.25, 0.3) is 0 Å². The largest absolute Gasteiger partial charge is 0.326 e. The molecule has 1 aliphatic rings. The third kappa shape index (κ3) is 2.28. The Kier molecular flexibility index (Phi) is 3.40. The fourth-order valence-corrected chi connectivity index (χ4v) is 2.91. The zero-order valence-corrected chi connectivity index (χ0v) is 11.8. The normalized spacial score (nSPS) is 14.8. The number of alkyl halides is 1. The second-order valence-corrected chi connectivity index (χ2v) is 5.46. The van der Waals surface area contributed by atoms with Crippen molar-refractivity contribution in [2.75, 3.05) is 5.32 Å². The lowest BCUT2D eigenvalue weighted by Gasteiger charge is -2.13. The van der Waals surface area contributed by atoms with Crippen LogP contribution < -0.4 is 5.32 Å². The molecule has 0 bridgehead atoms. The molecule has 0 radical (unpaired) electrons. The number of amides is 1. The molecule has 1 heterocycles. The number of carbonyl (C=O) groups is 1. The Labute approximate surface area is 125 Å². The number of hydrogen-bond acceptors (Lipinski definition) is 1. The van der Waals surface area contributed by atoms with Gasteiger partial charge in [-0.25, -0.2) is 4.39 Å². The summed E-state index contributed by atoms with van der Waals surface area (Å²) in [5.74, 6) is -0.528. The summed E-state index contributed by atoms with van der Waals surface area (Å²) in [4.78, 5) is 11.3. The van der Waals surface area contributed by atoms with Gasteiger partial charge in [0.2, 0.25) is 5.91 Å². The summed E-state index contributed by atoms with van der Waals surface area (Å²) in [6.07, 6.45) is 0.337. The highest BCUT2D eigenvalue weighted by Gasteiger charge is 2.21. The third-order valence-electron chi connectivity index (χ3n) is 3.30. The first kappa shape index (κ1) is 13.4. The van der Waals surface area contributed by atoms with E-state index in [1.165, 1.54) is 6.07 Å². The SMILES string of the molecule is O=C1Cc2cc(C(Cl)c3cccc(F)c3Cl)ccc2N1. The summed E-state index contributed by atoms with van der Waals surface area (Å²) in [5.41, 5.74) is 3.00. The van der Waals surface area contributed by atoms with E-state index in [-0.39, 0.29) is 10.9 Å². The molecular formula is C15H10Cl2FNO. The van der Waals surface area contributed by atoms with Crippen molar-refractivity contribution in [3.63, 3.8) is 0 Å². The van der Waals surface area contributed by atoms with Gasteiger partial charge in [0.25, 0.3) is 0 Å². The number of nitrogens with one attached hydrogen (secondary N) is 1. The molecule has 0 aliphatic carbocycles. The van der Waals surface area contributed by atoms with Gasteiger partial charge in [-0.15, -0.1) is 11.6 Å². The first-order valence-corrected chi connectivity index (χ1v) is 6.88. The van der Waals surface area contributed by atoms with Crippen LogP contribution >= 0.6 is 23.2 Å². The van der Waals surface area contributed by atoms with E-state index in [4.69, 9.17) is 23.2 Å². The minimum Gasteiger partial charge on any atom is -0.326 e. The van der Waals surface area contributed by atoms with Crippen LogP contribution in [0.2, 0.25) is 5.02 Å². The van der Waals surface area contributed by atoms with Gasteiger partial charge in [0.05, 0.1) is 16.8 Å². The standard InChI is InChI=1S/C15H10Cl2FNO/c16-14(10-2-1-3-11(18)15(10)17)8-4-5-12-9(6-8)7-13(20)19-12/h1-6,14H,7H2,(H,19,20). The van der Waals surface area contributed by atoms with Gasteiger partial charge in [-0.1, -0.05) is 35.9 Å².